The number of benzene rings is 4. The SMILES string of the molecule is O=C(NC(c1ccccc1)c1cccc(OCc2ccc(C(=O)NCC3CCC(C(=O)OCCCCNC[C@H](O)c4ccc(O)c5[nH]c(=O)ccc45)CC3)cc2)c1)O[C@H]1CN2CCC1CC2. The van der Waals surface area contributed by atoms with Crippen LogP contribution in [0.1, 0.15) is 96.1 Å². The van der Waals surface area contributed by atoms with Crippen LogP contribution in [0.5, 0.6) is 11.5 Å². The summed E-state index contributed by atoms with van der Waals surface area (Å²) in [6.45, 7) is 5.05. The van der Waals surface area contributed by atoms with Gasteiger partial charge in [-0.15, -0.1) is 0 Å². The second-order valence-electron chi connectivity index (χ2n) is 17.9. The van der Waals surface area contributed by atoms with Crippen molar-refractivity contribution >= 4 is 28.9 Å². The lowest BCUT2D eigenvalue weighted by molar-refractivity contribution is -0.150. The highest BCUT2D eigenvalue weighted by molar-refractivity contribution is 5.94. The van der Waals surface area contributed by atoms with Gasteiger partial charge in [0.2, 0.25) is 5.56 Å². The maximum absolute atomic E-state index is 13.3. The smallest absolute Gasteiger partial charge is 0.408 e. The Morgan fingerprint density at radius 2 is 1.61 bits per heavy atom. The van der Waals surface area contributed by atoms with Crippen molar-refractivity contribution in [3.63, 3.8) is 0 Å². The third kappa shape index (κ3) is 12.2. The molecule has 14 nitrogen and oxygen atoms in total. The number of fused-ring (bicyclic) bond motifs is 4. The number of aromatic hydroxyl groups is 1. The topological polar surface area (TPSA) is 192 Å². The number of esters is 1. The van der Waals surface area contributed by atoms with Crippen LogP contribution in [0, 0.1) is 17.8 Å². The summed E-state index contributed by atoms with van der Waals surface area (Å²) in [5.41, 5.74) is 3.87. The largest absolute Gasteiger partial charge is 0.506 e. The number of amides is 2. The number of aliphatic hydroxyl groups excluding tert-OH is 1. The first kappa shape index (κ1) is 46.3. The summed E-state index contributed by atoms with van der Waals surface area (Å²) in [6.07, 6.45) is 5.37. The van der Waals surface area contributed by atoms with Crippen LogP contribution in [-0.2, 0) is 20.9 Å². The number of aliphatic hydroxyl groups is 1. The highest BCUT2D eigenvalue weighted by Gasteiger charge is 2.37. The minimum Gasteiger partial charge on any atom is -0.506 e. The summed E-state index contributed by atoms with van der Waals surface area (Å²) in [7, 11) is 0. The van der Waals surface area contributed by atoms with E-state index in [9.17, 15) is 29.4 Å². The molecule has 1 saturated carbocycles. The van der Waals surface area contributed by atoms with E-state index >= 15 is 0 Å². The Morgan fingerprint density at radius 3 is 2.36 bits per heavy atom. The van der Waals surface area contributed by atoms with E-state index in [1.807, 2.05) is 66.7 Å². The first-order chi connectivity index (χ1) is 32.2. The molecular formula is C52H61N5O9. The number of H-pyrrole nitrogens is 1. The lowest BCUT2D eigenvalue weighted by Crippen LogP contribution is -2.52. The summed E-state index contributed by atoms with van der Waals surface area (Å²) >= 11 is 0. The number of phenolic OH excluding ortho intramolecular Hbond substituents is 1. The Kier molecular flexibility index (Phi) is 15.7. The molecule has 3 aliphatic heterocycles. The number of carbonyl (C=O) groups is 3. The fourth-order valence-corrected chi connectivity index (χ4v) is 9.52. The fourth-order valence-electron chi connectivity index (χ4n) is 9.52. The number of aromatic amines is 1. The number of nitrogens with one attached hydrogen (secondary N) is 4. The van der Waals surface area contributed by atoms with Crippen LogP contribution in [0.3, 0.4) is 0 Å². The molecular weight excluding hydrogens is 839 g/mol. The maximum atomic E-state index is 13.3. The molecule has 4 aliphatic rings. The summed E-state index contributed by atoms with van der Waals surface area (Å²) in [4.78, 5) is 55.8. The van der Waals surface area contributed by atoms with E-state index in [0.29, 0.717) is 73.0 Å². The Bertz CT molecular complexity index is 2460. The number of pyridine rings is 1. The molecule has 2 amide bonds. The molecule has 4 heterocycles. The van der Waals surface area contributed by atoms with Gasteiger partial charge in [0.1, 0.15) is 24.2 Å². The summed E-state index contributed by atoms with van der Waals surface area (Å²) < 4.78 is 17.8. The quantitative estimate of drug-likeness (QED) is 0.0373. The molecule has 6 N–H and O–H groups in total. The average Bonchev–Trinajstić information content (AvgIpc) is 3.35. The third-order valence-corrected chi connectivity index (χ3v) is 13.4. The van der Waals surface area contributed by atoms with E-state index in [1.165, 1.54) is 12.1 Å². The Hall–Kier alpha value is -6.22. The van der Waals surface area contributed by atoms with Gasteiger partial charge in [-0.05, 0) is 141 Å². The van der Waals surface area contributed by atoms with E-state index < -0.39 is 18.2 Å². The molecule has 2 bridgehead atoms. The van der Waals surface area contributed by atoms with Gasteiger partial charge in [0.25, 0.3) is 5.91 Å². The Balaban J connectivity index is 0.712. The zero-order valence-electron chi connectivity index (χ0n) is 37.3. The van der Waals surface area contributed by atoms with Crippen molar-refractivity contribution in [1.82, 2.24) is 25.8 Å². The van der Waals surface area contributed by atoms with Crippen molar-refractivity contribution < 1.29 is 38.8 Å². The van der Waals surface area contributed by atoms with Gasteiger partial charge in [0.05, 0.1) is 30.2 Å². The van der Waals surface area contributed by atoms with Gasteiger partial charge in [-0.1, -0.05) is 60.7 Å². The minimum atomic E-state index is -0.834. The second-order valence-corrected chi connectivity index (χ2v) is 17.9. The van der Waals surface area contributed by atoms with Gasteiger partial charge in [-0.3, -0.25) is 19.3 Å². The van der Waals surface area contributed by atoms with Crippen LogP contribution < -0.4 is 26.2 Å². The van der Waals surface area contributed by atoms with Gasteiger partial charge in [0, 0.05) is 36.7 Å². The van der Waals surface area contributed by atoms with Crippen LogP contribution in [0.25, 0.3) is 10.9 Å². The summed E-state index contributed by atoms with van der Waals surface area (Å²) in [5.74, 6) is 0.873. The van der Waals surface area contributed by atoms with E-state index in [1.54, 1.807) is 24.3 Å². The van der Waals surface area contributed by atoms with Crippen LogP contribution >= 0.6 is 0 Å². The van der Waals surface area contributed by atoms with Gasteiger partial charge in [-0.2, -0.15) is 0 Å². The molecule has 4 fully saturated rings. The number of hydrogen-bond acceptors (Lipinski definition) is 11. The maximum Gasteiger partial charge on any atom is 0.408 e. The Labute approximate surface area is 385 Å². The highest BCUT2D eigenvalue weighted by Crippen LogP contribution is 2.32. The van der Waals surface area contributed by atoms with Crippen molar-refractivity contribution in [1.29, 1.82) is 0 Å². The van der Waals surface area contributed by atoms with E-state index in [4.69, 9.17) is 14.2 Å². The lowest BCUT2D eigenvalue weighted by Gasteiger charge is -2.43. The van der Waals surface area contributed by atoms with Crippen molar-refractivity contribution in [2.24, 2.45) is 17.8 Å². The highest BCUT2D eigenvalue weighted by atomic mass is 16.6. The molecule has 1 aromatic heterocycles. The molecule has 1 unspecified atom stereocenters. The van der Waals surface area contributed by atoms with Gasteiger partial charge in [-0.25, -0.2) is 4.79 Å². The first-order valence-electron chi connectivity index (χ1n) is 23.4. The number of phenols is 1. The molecule has 4 aromatic carbocycles. The number of nitrogens with zero attached hydrogens (tertiary/aromatic N) is 1. The van der Waals surface area contributed by atoms with Gasteiger partial charge < -0.3 is 45.4 Å². The van der Waals surface area contributed by atoms with E-state index in [-0.39, 0.29) is 41.1 Å². The molecule has 5 aromatic rings. The van der Waals surface area contributed by atoms with Gasteiger partial charge >= 0.3 is 12.1 Å². The number of ether oxygens (including phenoxy) is 3. The molecule has 1 aliphatic carbocycles. The number of hydrogen-bond donors (Lipinski definition) is 6. The molecule has 14 heteroatoms. The molecule has 3 saturated heterocycles. The fraction of sp³-hybridized carbons (Fsp3) is 0.423. The zero-order valence-corrected chi connectivity index (χ0v) is 37.3. The predicted octanol–water partition coefficient (Wildman–Crippen LogP) is 6.91. The molecule has 3 atom stereocenters. The van der Waals surface area contributed by atoms with Crippen LogP contribution in [-0.4, -0.2) is 90.0 Å². The lowest BCUT2D eigenvalue weighted by atomic mass is 9.82. The number of carbonyl (C=O) groups excluding carboxylic acids is 3. The molecule has 66 heavy (non-hydrogen) atoms. The van der Waals surface area contributed by atoms with Crippen molar-refractivity contribution in [3.05, 3.63) is 141 Å². The number of alkyl carbamates (subject to hydrolysis) is 1. The minimum absolute atomic E-state index is 0.0514. The van der Waals surface area contributed by atoms with Crippen molar-refractivity contribution in [2.45, 2.75) is 76.2 Å². The van der Waals surface area contributed by atoms with E-state index in [2.05, 4.69) is 25.8 Å². The molecule has 0 radical (unpaired) electrons. The average molecular weight is 900 g/mol. The van der Waals surface area contributed by atoms with Crippen molar-refractivity contribution in [2.75, 3.05) is 45.9 Å². The first-order valence-corrected chi connectivity index (χ1v) is 23.4. The Morgan fingerprint density at radius 1 is 0.833 bits per heavy atom. The van der Waals surface area contributed by atoms with Crippen LogP contribution in [0.4, 0.5) is 4.79 Å². The number of aromatic nitrogens is 1. The number of rotatable bonds is 19. The summed E-state index contributed by atoms with van der Waals surface area (Å²) in [6, 6.07) is 30.6. The molecule has 0 spiro atoms. The van der Waals surface area contributed by atoms with E-state index in [0.717, 1.165) is 81.3 Å². The standard InChI is InChI=1S/C52H61N5O9/c58-44-21-19-42(43-20-22-47(60)55-49(43)44)45(59)31-53-25-4-5-28-64-51(62)39-17-11-34(12-18-39)30-54-50(61)38-15-13-35(14-16-38)33-65-41-10-6-9-40(29-41)48(37-7-2-1-3-8-37)56-52(63)66-46-32-57-26-23-36(46)24-27-57/h1-3,6-10,13-16,19-22,29,34,36,39,45-46,48,53,58-59H,4-5,11-12,17-18,23-28,30-33H2,(H,54,61)(H,55,60)(H,56,63)/t34?,39?,45-,46-,48?/m0/s1. The molecule has 9 rings (SSSR count). The normalized spacial score (nSPS) is 21.1. The monoisotopic (exact) mass is 899 g/mol. The number of unbranched alkanes of at least 4 members (excludes halogenated alkanes) is 1. The molecule has 348 valence electrons. The second kappa shape index (κ2) is 22.3. The summed E-state index contributed by atoms with van der Waals surface area (Å²) in [5, 5.41) is 30.8. The number of piperidine rings is 3. The zero-order chi connectivity index (χ0) is 45.8. The van der Waals surface area contributed by atoms with Crippen LogP contribution in [0.15, 0.2) is 108 Å². The van der Waals surface area contributed by atoms with Crippen LogP contribution in [0.2, 0.25) is 0 Å². The third-order valence-electron chi connectivity index (χ3n) is 13.4. The van der Waals surface area contributed by atoms with Crippen molar-refractivity contribution in [3.8, 4) is 11.5 Å². The van der Waals surface area contributed by atoms with Gasteiger partial charge in [0.15, 0.2) is 0 Å². The predicted molar refractivity (Wildman–Crippen MR) is 250 cm³/mol.